The fourth-order valence-corrected chi connectivity index (χ4v) is 4.25. The van der Waals surface area contributed by atoms with Crippen LogP contribution >= 0.6 is 23.2 Å². The van der Waals surface area contributed by atoms with Crippen molar-refractivity contribution in [3.8, 4) is 17.2 Å². The Morgan fingerprint density at radius 3 is 2.03 bits per heavy atom. The third-order valence-corrected chi connectivity index (χ3v) is 6.53. The van der Waals surface area contributed by atoms with E-state index in [-0.39, 0.29) is 25.0 Å². The van der Waals surface area contributed by atoms with Crippen LogP contribution in [0.2, 0.25) is 10.0 Å². The SMILES string of the molecule is COc1cc(OC)cc(OCC(=O)N(Cc2ccc(Cl)c(Cl)c2)C(Cc2ccccc2)C(=O)NC(C)(C)C)c1. The molecule has 0 aliphatic rings. The van der Waals surface area contributed by atoms with Crippen molar-refractivity contribution in [1.82, 2.24) is 10.2 Å². The van der Waals surface area contributed by atoms with Gasteiger partial charge in [-0.25, -0.2) is 0 Å². The molecule has 0 radical (unpaired) electrons. The Morgan fingerprint density at radius 1 is 0.846 bits per heavy atom. The first kappa shape index (κ1) is 30.1. The van der Waals surface area contributed by atoms with Crippen molar-refractivity contribution in [1.29, 1.82) is 0 Å². The van der Waals surface area contributed by atoms with Crippen LogP contribution in [0.15, 0.2) is 66.7 Å². The van der Waals surface area contributed by atoms with Crippen LogP contribution in [-0.4, -0.2) is 49.1 Å². The lowest BCUT2D eigenvalue weighted by Crippen LogP contribution is -2.55. The summed E-state index contributed by atoms with van der Waals surface area (Å²) < 4.78 is 16.5. The minimum absolute atomic E-state index is 0.121. The summed E-state index contributed by atoms with van der Waals surface area (Å²) in [5, 5.41) is 3.80. The molecule has 0 spiro atoms. The Kier molecular flexibility index (Phi) is 10.5. The molecule has 0 aromatic heterocycles. The normalized spacial score (nSPS) is 11.9. The number of rotatable bonds is 11. The molecular formula is C30H34Cl2N2O5. The molecule has 2 amide bonds. The van der Waals surface area contributed by atoms with Gasteiger partial charge in [0, 0.05) is 36.7 Å². The van der Waals surface area contributed by atoms with E-state index in [1.807, 2.05) is 51.1 Å². The highest BCUT2D eigenvalue weighted by Crippen LogP contribution is 2.28. The van der Waals surface area contributed by atoms with E-state index in [4.69, 9.17) is 37.4 Å². The van der Waals surface area contributed by atoms with Crippen LogP contribution < -0.4 is 19.5 Å². The third kappa shape index (κ3) is 9.08. The van der Waals surface area contributed by atoms with Gasteiger partial charge >= 0.3 is 0 Å². The molecular weight excluding hydrogens is 539 g/mol. The number of methoxy groups -OCH3 is 2. The van der Waals surface area contributed by atoms with Gasteiger partial charge < -0.3 is 24.4 Å². The standard InChI is InChI=1S/C30H34Cl2N2O5/c1-30(2,3)33-29(36)27(14-20-9-7-6-8-10-20)34(18-21-11-12-25(31)26(32)13-21)28(35)19-39-24-16-22(37-4)15-23(17-24)38-5/h6-13,15-17,27H,14,18-19H2,1-5H3,(H,33,36). The Hall–Kier alpha value is -3.42. The van der Waals surface area contributed by atoms with Crippen LogP contribution in [0.25, 0.3) is 0 Å². The second-order valence-electron chi connectivity index (χ2n) is 10.1. The van der Waals surface area contributed by atoms with Crippen molar-refractivity contribution in [2.75, 3.05) is 20.8 Å². The average Bonchev–Trinajstić information content (AvgIpc) is 2.90. The van der Waals surface area contributed by atoms with Crippen molar-refractivity contribution < 1.29 is 23.8 Å². The Bertz CT molecular complexity index is 1260. The van der Waals surface area contributed by atoms with Crippen LogP contribution in [0.5, 0.6) is 17.2 Å². The number of benzene rings is 3. The van der Waals surface area contributed by atoms with E-state index in [0.717, 1.165) is 11.1 Å². The number of carbonyl (C=O) groups is 2. The fourth-order valence-electron chi connectivity index (χ4n) is 3.93. The van der Waals surface area contributed by atoms with Gasteiger partial charge in [0.1, 0.15) is 23.3 Å². The number of nitrogens with one attached hydrogen (secondary N) is 1. The van der Waals surface area contributed by atoms with E-state index in [9.17, 15) is 9.59 Å². The number of hydrogen-bond donors (Lipinski definition) is 1. The molecule has 1 unspecified atom stereocenters. The highest BCUT2D eigenvalue weighted by Gasteiger charge is 2.32. The number of ether oxygens (including phenoxy) is 3. The van der Waals surface area contributed by atoms with E-state index < -0.39 is 11.6 Å². The maximum atomic E-state index is 13.8. The van der Waals surface area contributed by atoms with E-state index in [1.165, 1.54) is 19.1 Å². The van der Waals surface area contributed by atoms with Crippen LogP contribution in [0.3, 0.4) is 0 Å². The van der Waals surface area contributed by atoms with E-state index in [1.54, 1.807) is 36.4 Å². The Morgan fingerprint density at radius 2 is 1.46 bits per heavy atom. The molecule has 1 N–H and O–H groups in total. The Labute approximate surface area is 240 Å². The van der Waals surface area contributed by atoms with Crippen molar-refractivity contribution in [3.63, 3.8) is 0 Å². The maximum Gasteiger partial charge on any atom is 0.261 e. The zero-order valence-electron chi connectivity index (χ0n) is 22.8. The van der Waals surface area contributed by atoms with Crippen molar-refractivity contribution in [2.45, 2.75) is 45.3 Å². The number of hydrogen-bond acceptors (Lipinski definition) is 5. The van der Waals surface area contributed by atoms with Crippen LogP contribution in [0.4, 0.5) is 0 Å². The molecule has 3 rings (SSSR count). The monoisotopic (exact) mass is 572 g/mol. The number of amides is 2. The van der Waals surface area contributed by atoms with Gasteiger partial charge in [-0.15, -0.1) is 0 Å². The summed E-state index contributed by atoms with van der Waals surface area (Å²) in [6.07, 6.45) is 0.308. The molecule has 0 saturated heterocycles. The summed E-state index contributed by atoms with van der Waals surface area (Å²) in [5.74, 6) is 0.787. The van der Waals surface area contributed by atoms with E-state index in [0.29, 0.717) is 33.7 Å². The molecule has 0 aliphatic heterocycles. The second kappa shape index (κ2) is 13.6. The lowest BCUT2D eigenvalue weighted by molar-refractivity contribution is -0.143. The lowest BCUT2D eigenvalue weighted by atomic mass is 10.0. The minimum atomic E-state index is -0.822. The molecule has 3 aromatic rings. The quantitative estimate of drug-likeness (QED) is 0.307. The smallest absolute Gasteiger partial charge is 0.261 e. The van der Waals surface area contributed by atoms with Gasteiger partial charge in [0.15, 0.2) is 6.61 Å². The molecule has 9 heteroatoms. The summed E-state index contributed by atoms with van der Waals surface area (Å²) in [7, 11) is 3.06. The van der Waals surface area contributed by atoms with Crippen molar-refractivity contribution in [3.05, 3.63) is 87.9 Å². The largest absolute Gasteiger partial charge is 0.496 e. The van der Waals surface area contributed by atoms with Crippen LogP contribution in [0, 0.1) is 0 Å². The third-order valence-electron chi connectivity index (χ3n) is 5.79. The lowest BCUT2D eigenvalue weighted by Gasteiger charge is -2.33. The average molecular weight is 574 g/mol. The zero-order chi connectivity index (χ0) is 28.6. The predicted octanol–water partition coefficient (Wildman–Crippen LogP) is 5.94. The van der Waals surface area contributed by atoms with Gasteiger partial charge in [-0.2, -0.15) is 0 Å². The molecule has 208 valence electrons. The number of carbonyl (C=O) groups excluding carboxylic acids is 2. The highest BCUT2D eigenvalue weighted by atomic mass is 35.5. The summed E-state index contributed by atoms with van der Waals surface area (Å²) in [6.45, 7) is 5.50. The second-order valence-corrected chi connectivity index (χ2v) is 10.9. The van der Waals surface area contributed by atoms with Crippen molar-refractivity contribution >= 4 is 35.0 Å². The van der Waals surface area contributed by atoms with Gasteiger partial charge in [0.2, 0.25) is 5.91 Å². The highest BCUT2D eigenvalue weighted by molar-refractivity contribution is 6.42. The van der Waals surface area contributed by atoms with Gasteiger partial charge in [0.25, 0.3) is 5.91 Å². The van der Waals surface area contributed by atoms with Crippen molar-refractivity contribution in [2.24, 2.45) is 0 Å². The van der Waals surface area contributed by atoms with Gasteiger partial charge in [-0.3, -0.25) is 9.59 Å². The maximum absolute atomic E-state index is 13.8. The first-order valence-electron chi connectivity index (χ1n) is 12.4. The van der Waals surface area contributed by atoms with Gasteiger partial charge in [0.05, 0.1) is 24.3 Å². The Balaban J connectivity index is 1.96. The summed E-state index contributed by atoms with van der Waals surface area (Å²) >= 11 is 12.4. The molecule has 3 aromatic carbocycles. The molecule has 0 saturated carbocycles. The summed E-state index contributed by atoms with van der Waals surface area (Å²) in [6, 6.07) is 18.9. The molecule has 0 heterocycles. The zero-order valence-corrected chi connectivity index (χ0v) is 24.3. The van der Waals surface area contributed by atoms with Crippen LogP contribution in [-0.2, 0) is 22.6 Å². The summed E-state index contributed by atoms with van der Waals surface area (Å²) in [5.41, 5.74) is 1.14. The topological polar surface area (TPSA) is 77.1 Å². The molecule has 1 atom stereocenters. The van der Waals surface area contributed by atoms with Crippen LogP contribution in [0.1, 0.15) is 31.9 Å². The van der Waals surface area contributed by atoms with Gasteiger partial charge in [-0.1, -0.05) is 59.6 Å². The first-order chi connectivity index (χ1) is 18.5. The predicted molar refractivity (Wildman–Crippen MR) is 154 cm³/mol. The number of halogens is 2. The first-order valence-corrected chi connectivity index (χ1v) is 13.2. The van der Waals surface area contributed by atoms with E-state index in [2.05, 4.69) is 5.32 Å². The number of nitrogens with zero attached hydrogens (tertiary/aromatic N) is 1. The molecule has 39 heavy (non-hydrogen) atoms. The van der Waals surface area contributed by atoms with E-state index >= 15 is 0 Å². The van der Waals surface area contributed by atoms with Gasteiger partial charge in [-0.05, 0) is 44.0 Å². The fraction of sp³-hybridized carbons (Fsp3) is 0.333. The molecule has 0 aliphatic carbocycles. The molecule has 0 bridgehead atoms. The minimum Gasteiger partial charge on any atom is -0.496 e. The molecule has 7 nitrogen and oxygen atoms in total. The molecule has 0 fully saturated rings. The summed E-state index contributed by atoms with van der Waals surface area (Å²) in [4.78, 5) is 28.9.